The van der Waals surface area contributed by atoms with Crippen molar-refractivity contribution in [1.82, 2.24) is 10.6 Å². The standard InChI is InChI=1S/C13H26N2O2/c1-13(2)6-4-5-11(13)12(16)15-8-7-14-9-10-17-3/h11,14H,4-10H2,1-3H3,(H,15,16). The number of carbonyl (C=O) groups excluding carboxylic acids is 1. The van der Waals surface area contributed by atoms with Gasteiger partial charge in [-0.15, -0.1) is 0 Å². The Morgan fingerprint density at radius 3 is 2.71 bits per heavy atom. The van der Waals surface area contributed by atoms with E-state index in [9.17, 15) is 4.79 Å². The average molecular weight is 242 g/mol. The number of carbonyl (C=O) groups is 1. The molecule has 100 valence electrons. The first-order valence-corrected chi connectivity index (χ1v) is 6.55. The predicted molar refractivity (Wildman–Crippen MR) is 68.9 cm³/mol. The zero-order valence-electron chi connectivity index (χ0n) is 11.3. The average Bonchev–Trinajstić information content (AvgIpc) is 2.63. The number of methoxy groups -OCH3 is 1. The van der Waals surface area contributed by atoms with Crippen LogP contribution in [0.3, 0.4) is 0 Å². The van der Waals surface area contributed by atoms with Crippen molar-refractivity contribution in [3.8, 4) is 0 Å². The molecule has 1 amide bonds. The molecule has 1 saturated carbocycles. The first-order valence-electron chi connectivity index (χ1n) is 6.55. The van der Waals surface area contributed by atoms with Crippen molar-refractivity contribution in [3.63, 3.8) is 0 Å². The Hall–Kier alpha value is -0.610. The maximum Gasteiger partial charge on any atom is 0.223 e. The fourth-order valence-electron chi connectivity index (χ4n) is 2.51. The van der Waals surface area contributed by atoms with Gasteiger partial charge in [0.25, 0.3) is 0 Å². The summed E-state index contributed by atoms with van der Waals surface area (Å²) in [5.74, 6) is 0.419. The predicted octanol–water partition coefficient (Wildman–Crippen LogP) is 1.16. The van der Waals surface area contributed by atoms with Crippen LogP contribution in [-0.4, -0.2) is 39.3 Å². The van der Waals surface area contributed by atoms with Gasteiger partial charge in [-0.1, -0.05) is 20.3 Å². The van der Waals surface area contributed by atoms with Crippen LogP contribution in [0.15, 0.2) is 0 Å². The molecule has 1 atom stereocenters. The molecule has 2 N–H and O–H groups in total. The lowest BCUT2D eigenvalue weighted by Crippen LogP contribution is -2.39. The highest BCUT2D eigenvalue weighted by molar-refractivity contribution is 5.79. The third-order valence-corrected chi connectivity index (χ3v) is 3.66. The van der Waals surface area contributed by atoms with Crippen LogP contribution in [-0.2, 0) is 9.53 Å². The molecule has 0 radical (unpaired) electrons. The first-order chi connectivity index (χ1) is 8.08. The summed E-state index contributed by atoms with van der Waals surface area (Å²) in [5.41, 5.74) is 0.174. The van der Waals surface area contributed by atoms with Crippen molar-refractivity contribution >= 4 is 5.91 Å². The Labute approximate surface area is 104 Å². The normalized spacial score (nSPS) is 22.6. The highest BCUT2D eigenvalue weighted by Crippen LogP contribution is 2.42. The van der Waals surface area contributed by atoms with E-state index in [1.807, 2.05) is 0 Å². The molecule has 1 aliphatic carbocycles. The van der Waals surface area contributed by atoms with Crippen LogP contribution < -0.4 is 10.6 Å². The van der Waals surface area contributed by atoms with Gasteiger partial charge in [0, 0.05) is 32.7 Å². The third-order valence-electron chi connectivity index (χ3n) is 3.66. The molecule has 0 aromatic rings. The lowest BCUT2D eigenvalue weighted by atomic mass is 9.81. The van der Waals surface area contributed by atoms with E-state index in [-0.39, 0.29) is 17.2 Å². The third kappa shape index (κ3) is 4.64. The van der Waals surface area contributed by atoms with Crippen molar-refractivity contribution in [1.29, 1.82) is 0 Å². The minimum Gasteiger partial charge on any atom is -0.383 e. The number of amides is 1. The van der Waals surface area contributed by atoms with E-state index in [0.29, 0.717) is 13.2 Å². The van der Waals surface area contributed by atoms with Gasteiger partial charge < -0.3 is 15.4 Å². The molecular weight excluding hydrogens is 216 g/mol. The Kier molecular flexibility index (Phi) is 5.92. The van der Waals surface area contributed by atoms with Crippen molar-refractivity contribution in [2.75, 3.05) is 33.4 Å². The van der Waals surface area contributed by atoms with Crippen LogP contribution in [0.5, 0.6) is 0 Å². The summed E-state index contributed by atoms with van der Waals surface area (Å²) in [6.07, 6.45) is 3.38. The van der Waals surface area contributed by atoms with Gasteiger partial charge in [-0.05, 0) is 18.3 Å². The Balaban J connectivity index is 2.13. The zero-order chi connectivity index (χ0) is 12.7. The fourth-order valence-corrected chi connectivity index (χ4v) is 2.51. The van der Waals surface area contributed by atoms with Gasteiger partial charge in [-0.2, -0.15) is 0 Å². The molecule has 17 heavy (non-hydrogen) atoms. The van der Waals surface area contributed by atoms with Gasteiger partial charge in [0.1, 0.15) is 0 Å². The largest absolute Gasteiger partial charge is 0.383 e. The molecule has 0 heterocycles. The Morgan fingerprint density at radius 1 is 1.35 bits per heavy atom. The molecule has 1 unspecified atom stereocenters. The van der Waals surface area contributed by atoms with E-state index in [2.05, 4.69) is 24.5 Å². The summed E-state index contributed by atoms with van der Waals surface area (Å²) in [6, 6.07) is 0. The fraction of sp³-hybridized carbons (Fsp3) is 0.923. The highest BCUT2D eigenvalue weighted by atomic mass is 16.5. The molecule has 1 rings (SSSR count). The van der Waals surface area contributed by atoms with E-state index in [1.54, 1.807) is 7.11 Å². The molecule has 0 saturated heterocycles. The SMILES string of the molecule is COCCNCCNC(=O)C1CCCC1(C)C. The van der Waals surface area contributed by atoms with E-state index in [4.69, 9.17) is 4.74 Å². The molecule has 4 heteroatoms. The van der Waals surface area contributed by atoms with Crippen molar-refractivity contribution in [2.24, 2.45) is 11.3 Å². The summed E-state index contributed by atoms with van der Waals surface area (Å²) in [4.78, 5) is 12.0. The van der Waals surface area contributed by atoms with Gasteiger partial charge in [0.2, 0.25) is 5.91 Å². The second-order valence-electron chi connectivity index (χ2n) is 5.47. The number of rotatable bonds is 7. The van der Waals surface area contributed by atoms with Crippen molar-refractivity contribution in [2.45, 2.75) is 33.1 Å². The van der Waals surface area contributed by atoms with Crippen molar-refractivity contribution in [3.05, 3.63) is 0 Å². The topological polar surface area (TPSA) is 50.4 Å². The van der Waals surface area contributed by atoms with Gasteiger partial charge >= 0.3 is 0 Å². The van der Waals surface area contributed by atoms with Crippen LogP contribution in [0.2, 0.25) is 0 Å². The molecule has 0 bridgehead atoms. The maximum atomic E-state index is 12.0. The number of hydrogen-bond acceptors (Lipinski definition) is 3. The summed E-state index contributed by atoms with van der Waals surface area (Å²) < 4.78 is 4.93. The van der Waals surface area contributed by atoms with Gasteiger partial charge in [-0.25, -0.2) is 0 Å². The van der Waals surface area contributed by atoms with E-state index in [0.717, 1.165) is 25.9 Å². The quantitative estimate of drug-likeness (QED) is 0.659. The first kappa shape index (κ1) is 14.5. The monoisotopic (exact) mass is 242 g/mol. The Bertz CT molecular complexity index is 242. The lowest BCUT2D eigenvalue weighted by molar-refractivity contribution is -0.127. The highest BCUT2D eigenvalue weighted by Gasteiger charge is 2.38. The smallest absolute Gasteiger partial charge is 0.223 e. The maximum absolute atomic E-state index is 12.0. The number of hydrogen-bond donors (Lipinski definition) is 2. The van der Waals surface area contributed by atoms with Crippen LogP contribution >= 0.6 is 0 Å². The Morgan fingerprint density at radius 2 is 2.12 bits per heavy atom. The van der Waals surface area contributed by atoms with Gasteiger partial charge in [0.05, 0.1) is 6.61 Å². The minimum absolute atomic E-state index is 0.174. The molecule has 0 aromatic heterocycles. The van der Waals surface area contributed by atoms with E-state index >= 15 is 0 Å². The minimum atomic E-state index is 0.174. The van der Waals surface area contributed by atoms with E-state index < -0.39 is 0 Å². The molecule has 1 fully saturated rings. The number of nitrogens with one attached hydrogen (secondary N) is 2. The van der Waals surface area contributed by atoms with Crippen molar-refractivity contribution < 1.29 is 9.53 Å². The summed E-state index contributed by atoms with van der Waals surface area (Å²) in [6.45, 7) is 7.45. The van der Waals surface area contributed by atoms with Crippen LogP contribution in [0.1, 0.15) is 33.1 Å². The van der Waals surface area contributed by atoms with Crippen LogP contribution in [0, 0.1) is 11.3 Å². The molecule has 0 aliphatic heterocycles. The summed E-state index contributed by atoms with van der Waals surface area (Å²) >= 11 is 0. The molecule has 0 aromatic carbocycles. The van der Waals surface area contributed by atoms with Gasteiger partial charge in [-0.3, -0.25) is 4.79 Å². The molecule has 1 aliphatic rings. The molecule has 0 spiro atoms. The van der Waals surface area contributed by atoms with Crippen LogP contribution in [0.4, 0.5) is 0 Å². The number of ether oxygens (including phenoxy) is 1. The lowest BCUT2D eigenvalue weighted by Gasteiger charge is -2.25. The summed E-state index contributed by atoms with van der Waals surface area (Å²) in [5, 5.41) is 6.23. The summed E-state index contributed by atoms with van der Waals surface area (Å²) in [7, 11) is 1.69. The molecular formula is C13H26N2O2. The van der Waals surface area contributed by atoms with Gasteiger partial charge in [0.15, 0.2) is 0 Å². The van der Waals surface area contributed by atoms with E-state index in [1.165, 1.54) is 6.42 Å². The zero-order valence-corrected chi connectivity index (χ0v) is 11.3. The second-order valence-corrected chi connectivity index (χ2v) is 5.47. The second kappa shape index (κ2) is 6.97. The molecule has 4 nitrogen and oxygen atoms in total. The van der Waals surface area contributed by atoms with Crippen LogP contribution in [0.25, 0.3) is 0 Å².